The Morgan fingerprint density at radius 1 is 1.55 bits per heavy atom. The Labute approximate surface area is 68.6 Å². The van der Waals surface area contributed by atoms with Gasteiger partial charge in [0.05, 0.1) is 17.8 Å². The maximum absolute atomic E-state index is 9.53. The molecule has 0 amide bonds. The van der Waals surface area contributed by atoms with Gasteiger partial charge >= 0.3 is 0 Å². The number of rotatable bonds is 2. The molecular weight excluding hydrogens is 140 g/mol. The molecule has 2 nitrogen and oxygen atoms in total. The van der Waals surface area contributed by atoms with Gasteiger partial charge in [-0.05, 0) is 20.3 Å². The molecule has 2 unspecified atom stereocenters. The second kappa shape index (κ2) is 3.11. The van der Waals surface area contributed by atoms with Crippen LogP contribution < -0.4 is 0 Å². The second-order valence-corrected chi connectivity index (χ2v) is 3.98. The second-order valence-electron chi connectivity index (χ2n) is 3.98. The summed E-state index contributed by atoms with van der Waals surface area (Å²) in [6, 6.07) is 0. The summed E-state index contributed by atoms with van der Waals surface area (Å²) in [5.41, 5.74) is -0.112. The fourth-order valence-corrected chi connectivity index (χ4v) is 1.71. The van der Waals surface area contributed by atoms with Gasteiger partial charge in [0.25, 0.3) is 0 Å². The van der Waals surface area contributed by atoms with Gasteiger partial charge in [-0.25, -0.2) is 0 Å². The van der Waals surface area contributed by atoms with E-state index in [1.165, 1.54) is 0 Å². The van der Waals surface area contributed by atoms with Gasteiger partial charge in [0.15, 0.2) is 0 Å². The summed E-state index contributed by atoms with van der Waals surface area (Å²) in [6.45, 7) is 6.18. The molecule has 1 aliphatic heterocycles. The predicted molar refractivity (Wildman–Crippen MR) is 44.5 cm³/mol. The number of aliphatic hydroxyl groups excluding tert-OH is 1. The van der Waals surface area contributed by atoms with E-state index in [0.29, 0.717) is 0 Å². The lowest BCUT2D eigenvalue weighted by Crippen LogP contribution is -2.21. The molecule has 0 aliphatic carbocycles. The average molecular weight is 158 g/mol. The summed E-state index contributed by atoms with van der Waals surface area (Å²) in [4.78, 5) is 0. The van der Waals surface area contributed by atoms with Gasteiger partial charge in [-0.3, -0.25) is 0 Å². The molecule has 0 aromatic rings. The quantitative estimate of drug-likeness (QED) is 0.663. The number of ether oxygens (including phenoxy) is 1. The van der Waals surface area contributed by atoms with Crippen molar-refractivity contribution in [2.45, 2.75) is 57.8 Å². The predicted octanol–water partition coefficient (Wildman–Crippen LogP) is 1.71. The molecule has 0 saturated carbocycles. The molecule has 1 rings (SSSR count). The summed E-state index contributed by atoms with van der Waals surface area (Å²) >= 11 is 0. The van der Waals surface area contributed by atoms with Crippen molar-refractivity contribution in [3.05, 3.63) is 0 Å². The molecule has 0 aromatic carbocycles. The minimum Gasteiger partial charge on any atom is -0.390 e. The minimum atomic E-state index is -0.245. The fraction of sp³-hybridized carbons (Fsp3) is 1.00. The Morgan fingerprint density at radius 3 is 2.55 bits per heavy atom. The Morgan fingerprint density at radius 2 is 2.18 bits per heavy atom. The minimum absolute atomic E-state index is 0.0787. The van der Waals surface area contributed by atoms with E-state index in [2.05, 4.69) is 6.92 Å². The standard InChI is InChI=1S/C9H18O2/c1-4-5-8-7(10)6-9(2,3)11-8/h7-8,10H,4-6H2,1-3H3. The monoisotopic (exact) mass is 158 g/mol. The third-order valence-electron chi connectivity index (χ3n) is 2.17. The zero-order chi connectivity index (χ0) is 8.48. The molecule has 1 heterocycles. The Balaban J connectivity index is 2.45. The smallest absolute Gasteiger partial charge is 0.0842 e. The Bertz CT molecular complexity index is 132. The van der Waals surface area contributed by atoms with Crippen LogP contribution in [0.25, 0.3) is 0 Å². The summed E-state index contributed by atoms with van der Waals surface area (Å²) in [7, 11) is 0. The van der Waals surface area contributed by atoms with Crippen molar-refractivity contribution in [3.63, 3.8) is 0 Å². The van der Waals surface area contributed by atoms with Crippen LogP contribution in [0, 0.1) is 0 Å². The van der Waals surface area contributed by atoms with Crippen molar-refractivity contribution in [1.82, 2.24) is 0 Å². The van der Waals surface area contributed by atoms with Crippen molar-refractivity contribution < 1.29 is 9.84 Å². The van der Waals surface area contributed by atoms with Gasteiger partial charge in [-0.1, -0.05) is 13.3 Å². The lowest BCUT2D eigenvalue weighted by molar-refractivity contribution is -0.0353. The normalized spacial score (nSPS) is 36.0. The lowest BCUT2D eigenvalue weighted by Gasteiger charge is -2.18. The van der Waals surface area contributed by atoms with E-state index in [1.54, 1.807) is 0 Å². The zero-order valence-corrected chi connectivity index (χ0v) is 7.63. The largest absolute Gasteiger partial charge is 0.390 e. The highest BCUT2D eigenvalue weighted by molar-refractivity contribution is 4.87. The highest BCUT2D eigenvalue weighted by Gasteiger charge is 2.38. The SMILES string of the molecule is CCCC1OC(C)(C)CC1O. The van der Waals surface area contributed by atoms with Crippen molar-refractivity contribution in [3.8, 4) is 0 Å². The molecule has 0 bridgehead atoms. The first-order valence-electron chi connectivity index (χ1n) is 4.41. The first kappa shape index (κ1) is 9.01. The average Bonchev–Trinajstić information content (AvgIpc) is 2.07. The molecule has 2 atom stereocenters. The topological polar surface area (TPSA) is 29.5 Å². The van der Waals surface area contributed by atoms with Gasteiger partial charge in [-0.15, -0.1) is 0 Å². The van der Waals surface area contributed by atoms with Crippen LogP contribution >= 0.6 is 0 Å². The molecule has 11 heavy (non-hydrogen) atoms. The molecule has 0 spiro atoms. The van der Waals surface area contributed by atoms with E-state index in [0.717, 1.165) is 19.3 Å². The molecule has 1 aliphatic rings. The van der Waals surface area contributed by atoms with E-state index in [4.69, 9.17) is 4.74 Å². The first-order valence-corrected chi connectivity index (χ1v) is 4.41. The number of aliphatic hydroxyl groups is 1. The van der Waals surface area contributed by atoms with Crippen molar-refractivity contribution >= 4 is 0 Å². The van der Waals surface area contributed by atoms with Gasteiger partial charge in [0.1, 0.15) is 0 Å². The van der Waals surface area contributed by atoms with Gasteiger partial charge in [0.2, 0.25) is 0 Å². The van der Waals surface area contributed by atoms with E-state index >= 15 is 0 Å². The van der Waals surface area contributed by atoms with Gasteiger partial charge in [-0.2, -0.15) is 0 Å². The van der Waals surface area contributed by atoms with E-state index in [9.17, 15) is 5.11 Å². The van der Waals surface area contributed by atoms with E-state index in [1.807, 2.05) is 13.8 Å². The van der Waals surface area contributed by atoms with E-state index in [-0.39, 0.29) is 17.8 Å². The van der Waals surface area contributed by atoms with Crippen molar-refractivity contribution in [2.75, 3.05) is 0 Å². The highest BCUT2D eigenvalue weighted by atomic mass is 16.5. The molecule has 66 valence electrons. The first-order chi connectivity index (χ1) is 5.05. The highest BCUT2D eigenvalue weighted by Crippen LogP contribution is 2.31. The van der Waals surface area contributed by atoms with E-state index < -0.39 is 0 Å². The number of hydrogen-bond donors (Lipinski definition) is 1. The van der Waals surface area contributed by atoms with Crippen LogP contribution in [0.2, 0.25) is 0 Å². The van der Waals surface area contributed by atoms with Crippen LogP contribution in [-0.2, 0) is 4.74 Å². The van der Waals surface area contributed by atoms with Crippen LogP contribution in [0.5, 0.6) is 0 Å². The Kier molecular flexibility index (Phi) is 2.55. The maximum Gasteiger partial charge on any atom is 0.0842 e. The number of hydrogen-bond acceptors (Lipinski definition) is 2. The molecule has 1 N–H and O–H groups in total. The molecule has 2 heteroatoms. The molecule has 0 aromatic heterocycles. The van der Waals surface area contributed by atoms with Crippen LogP contribution in [0.4, 0.5) is 0 Å². The maximum atomic E-state index is 9.53. The van der Waals surface area contributed by atoms with Crippen LogP contribution in [0.1, 0.15) is 40.0 Å². The van der Waals surface area contributed by atoms with Crippen molar-refractivity contribution in [2.24, 2.45) is 0 Å². The van der Waals surface area contributed by atoms with Crippen LogP contribution in [0.15, 0.2) is 0 Å². The molecular formula is C9H18O2. The molecule has 1 saturated heterocycles. The Hall–Kier alpha value is -0.0800. The lowest BCUT2D eigenvalue weighted by atomic mass is 10.0. The van der Waals surface area contributed by atoms with Crippen LogP contribution in [0.3, 0.4) is 0 Å². The summed E-state index contributed by atoms with van der Waals surface area (Å²) in [5, 5.41) is 9.53. The molecule has 1 fully saturated rings. The van der Waals surface area contributed by atoms with Crippen LogP contribution in [-0.4, -0.2) is 22.9 Å². The van der Waals surface area contributed by atoms with Gasteiger partial charge in [0, 0.05) is 6.42 Å². The van der Waals surface area contributed by atoms with Crippen molar-refractivity contribution in [1.29, 1.82) is 0 Å². The summed E-state index contributed by atoms with van der Waals surface area (Å²) in [6.07, 6.45) is 2.67. The van der Waals surface area contributed by atoms with Gasteiger partial charge < -0.3 is 9.84 Å². The third kappa shape index (κ3) is 2.17. The fourth-order valence-electron chi connectivity index (χ4n) is 1.71. The zero-order valence-electron chi connectivity index (χ0n) is 7.63. The molecule has 0 radical (unpaired) electrons. The third-order valence-corrected chi connectivity index (χ3v) is 2.17. The summed E-state index contributed by atoms with van der Waals surface area (Å²) in [5.74, 6) is 0. The summed E-state index contributed by atoms with van der Waals surface area (Å²) < 4.78 is 5.65.